The Labute approximate surface area is 123 Å². The van der Waals surface area contributed by atoms with Gasteiger partial charge in [0.05, 0.1) is 0 Å². The van der Waals surface area contributed by atoms with E-state index < -0.39 is 5.56 Å². The third-order valence-electron chi connectivity index (χ3n) is 2.79. The number of H-pyrrole nitrogens is 1. The molecule has 100 valence electrons. The molecule has 1 N–H and O–H groups in total. The third kappa shape index (κ3) is 2.26. The summed E-state index contributed by atoms with van der Waals surface area (Å²) < 4.78 is 0. The molecule has 0 unspecified atom stereocenters. The standard InChI is InChI=1S/C13H8Cl2N4O/c1-6-2-4-7(5-3-6)11-18-12-8(13(20)19-11)16-9(14)10(15)17-12/h2-5H,1H3,(H,17,18,19,20). The largest absolute Gasteiger partial charge is 0.305 e. The van der Waals surface area contributed by atoms with Gasteiger partial charge >= 0.3 is 0 Å². The summed E-state index contributed by atoms with van der Waals surface area (Å²) in [6.07, 6.45) is 0. The van der Waals surface area contributed by atoms with E-state index in [9.17, 15) is 4.79 Å². The molecule has 0 saturated heterocycles. The van der Waals surface area contributed by atoms with Crippen LogP contribution in [0.2, 0.25) is 10.3 Å². The van der Waals surface area contributed by atoms with Crippen molar-refractivity contribution in [3.63, 3.8) is 0 Å². The summed E-state index contributed by atoms with van der Waals surface area (Å²) in [6.45, 7) is 1.98. The molecule has 5 nitrogen and oxygen atoms in total. The van der Waals surface area contributed by atoms with Gasteiger partial charge in [-0.05, 0) is 6.92 Å². The van der Waals surface area contributed by atoms with Gasteiger partial charge in [0.15, 0.2) is 21.5 Å². The highest BCUT2D eigenvalue weighted by molar-refractivity contribution is 6.40. The van der Waals surface area contributed by atoms with Gasteiger partial charge in [-0.25, -0.2) is 15.0 Å². The van der Waals surface area contributed by atoms with Crippen LogP contribution in [0.1, 0.15) is 5.56 Å². The lowest BCUT2D eigenvalue weighted by Crippen LogP contribution is -2.12. The summed E-state index contributed by atoms with van der Waals surface area (Å²) >= 11 is 11.5. The molecular formula is C13H8Cl2N4O. The van der Waals surface area contributed by atoms with E-state index in [0.29, 0.717) is 5.82 Å². The first-order valence-corrected chi connectivity index (χ1v) is 6.50. The number of halogens is 2. The zero-order chi connectivity index (χ0) is 14.3. The van der Waals surface area contributed by atoms with E-state index in [0.717, 1.165) is 11.1 Å². The Balaban J connectivity index is 2.26. The number of nitrogens with zero attached hydrogens (tertiary/aromatic N) is 3. The number of fused-ring (bicyclic) bond motifs is 1. The maximum atomic E-state index is 12.0. The van der Waals surface area contributed by atoms with Crippen LogP contribution in [0, 0.1) is 6.92 Å². The van der Waals surface area contributed by atoms with Crippen molar-refractivity contribution in [1.29, 1.82) is 0 Å². The second-order valence-electron chi connectivity index (χ2n) is 4.26. The van der Waals surface area contributed by atoms with Gasteiger partial charge in [0, 0.05) is 5.56 Å². The van der Waals surface area contributed by atoms with Crippen molar-refractivity contribution in [2.45, 2.75) is 6.92 Å². The van der Waals surface area contributed by atoms with Crippen molar-refractivity contribution >= 4 is 34.4 Å². The van der Waals surface area contributed by atoms with Gasteiger partial charge in [-0.15, -0.1) is 0 Å². The first-order chi connectivity index (χ1) is 9.54. The summed E-state index contributed by atoms with van der Waals surface area (Å²) in [7, 11) is 0. The minimum atomic E-state index is -0.406. The lowest BCUT2D eigenvalue weighted by molar-refractivity contribution is 1.12. The van der Waals surface area contributed by atoms with E-state index in [1.165, 1.54) is 0 Å². The molecule has 0 fully saturated rings. The van der Waals surface area contributed by atoms with E-state index in [1.807, 2.05) is 31.2 Å². The Morgan fingerprint density at radius 3 is 2.35 bits per heavy atom. The molecular weight excluding hydrogens is 299 g/mol. The molecule has 7 heteroatoms. The molecule has 0 spiro atoms. The second kappa shape index (κ2) is 4.85. The van der Waals surface area contributed by atoms with E-state index in [1.54, 1.807) is 0 Å². The molecule has 3 aromatic rings. The average molecular weight is 307 g/mol. The van der Waals surface area contributed by atoms with Crippen LogP contribution in [0.5, 0.6) is 0 Å². The topological polar surface area (TPSA) is 71.5 Å². The third-order valence-corrected chi connectivity index (χ3v) is 3.41. The SMILES string of the molecule is Cc1ccc(-c2nc3nc(Cl)c(Cl)nc3c(=O)[nH]2)cc1. The molecule has 2 aromatic heterocycles. The van der Waals surface area contributed by atoms with Crippen LogP contribution < -0.4 is 5.56 Å². The van der Waals surface area contributed by atoms with Crippen molar-refractivity contribution in [3.8, 4) is 11.4 Å². The molecule has 3 rings (SSSR count). The maximum absolute atomic E-state index is 12.0. The Hall–Kier alpha value is -1.98. The normalized spacial score (nSPS) is 10.9. The number of benzene rings is 1. The van der Waals surface area contributed by atoms with Crippen molar-refractivity contribution < 1.29 is 0 Å². The predicted molar refractivity (Wildman–Crippen MR) is 78.1 cm³/mol. The minimum Gasteiger partial charge on any atom is -0.305 e. The van der Waals surface area contributed by atoms with Crippen LogP contribution in [0.4, 0.5) is 0 Å². The molecule has 0 atom stereocenters. The fraction of sp³-hybridized carbons (Fsp3) is 0.0769. The smallest absolute Gasteiger partial charge is 0.279 e. The quantitative estimate of drug-likeness (QED) is 0.750. The molecule has 0 radical (unpaired) electrons. The second-order valence-corrected chi connectivity index (χ2v) is 4.97. The maximum Gasteiger partial charge on any atom is 0.279 e. The monoisotopic (exact) mass is 306 g/mol. The van der Waals surface area contributed by atoms with Crippen LogP contribution in [0.3, 0.4) is 0 Å². The van der Waals surface area contributed by atoms with Crippen LogP contribution in [-0.4, -0.2) is 19.9 Å². The fourth-order valence-electron chi connectivity index (χ4n) is 1.77. The van der Waals surface area contributed by atoms with E-state index in [4.69, 9.17) is 23.2 Å². The Bertz CT molecular complexity index is 859. The molecule has 0 aliphatic carbocycles. The fourth-order valence-corrected chi connectivity index (χ4v) is 2.01. The molecule has 0 aliphatic heterocycles. The van der Waals surface area contributed by atoms with Gasteiger partial charge < -0.3 is 4.98 Å². The van der Waals surface area contributed by atoms with Crippen molar-refractivity contribution in [3.05, 3.63) is 50.5 Å². The summed E-state index contributed by atoms with van der Waals surface area (Å²) in [5.41, 5.74) is 1.72. The van der Waals surface area contributed by atoms with Crippen molar-refractivity contribution in [2.75, 3.05) is 0 Å². The number of nitrogens with one attached hydrogen (secondary N) is 1. The van der Waals surface area contributed by atoms with Gasteiger partial charge in [0.2, 0.25) is 0 Å². The number of aromatic nitrogens is 4. The number of hydrogen-bond acceptors (Lipinski definition) is 4. The molecule has 2 heterocycles. The lowest BCUT2D eigenvalue weighted by Gasteiger charge is -2.03. The summed E-state index contributed by atoms with van der Waals surface area (Å²) in [6, 6.07) is 7.59. The predicted octanol–water partition coefficient (Wildman–Crippen LogP) is 3.00. The number of aromatic amines is 1. The minimum absolute atomic E-state index is 0.0189. The first-order valence-electron chi connectivity index (χ1n) is 5.75. The van der Waals surface area contributed by atoms with Crippen molar-refractivity contribution in [2.24, 2.45) is 0 Å². The van der Waals surface area contributed by atoms with Gasteiger partial charge in [-0.3, -0.25) is 4.79 Å². The first kappa shape index (κ1) is 13.0. The molecule has 0 aliphatic rings. The Morgan fingerprint density at radius 2 is 1.65 bits per heavy atom. The number of aryl methyl sites for hydroxylation is 1. The Morgan fingerprint density at radius 1 is 1.00 bits per heavy atom. The lowest BCUT2D eigenvalue weighted by atomic mass is 10.1. The number of rotatable bonds is 1. The molecule has 1 aromatic carbocycles. The van der Waals surface area contributed by atoms with Gasteiger partial charge in [0.25, 0.3) is 5.56 Å². The highest BCUT2D eigenvalue weighted by Gasteiger charge is 2.11. The summed E-state index contributed by atoms with van der Waals surface area (Å²) in [5.74, 6) is 0.412. The van der Waals surface area contributed by atoms with Crippen molar-refractivity contribution in [1.82, 2.24) is 19.9 Å². The molecule has 20 heavy (non-hydrogen) atoms. The Kier molecular flexibility index (Phi) is 3.16. The van der Waals surface area contributed by atoms with E-state index >= 15 is 0 Å². The summed E-state index contributed by atoms with van der Waals surface area (Å²) in [4.78, 5) is 26.8. The molecule has 0 bridgehead atoms. The highest BCUT2D eigenvalue weighted by atomic mass is 35.5. The van der Waals surface area contributed by atoms with E-state index in [-0.39, 0.29) is 21.5 Å². The zero-order valence-corrected chi connectivity index (χ0v) is 11.8. The molecule has 0 amide bonds. The van der Waals surface area contributed by atoms with Gasteiger partial charge in [0.1, 0.15) is 5.82 Å². The van der Waals surface area contributed by atoms with Crippen LogP contribution >= 0.6 is 23.2 Å². The number of hydrogen-bond donors (Lipinski definition) is 1. The van der Waals surface area contributed by atoms with E-state index in [2.05, 4.69) is 19.9 Å². The van der Waals surface area contributed by atoms with Gasteiger partial charge in [-0.2, -0.15) is 0 Å². The zero-order valence-electron chi connectivity index (χ0n) is 10.3. The van der Waals surface area contributed by atoms with Crippen LogP contribution in [-0.2, 0) is 0 Å². The van der Waals surface area contributed by atoms with Gasteiger partial charge in [-0.1, -0.05) is 53.0 Å². The highest BCUT2D eigenvalue weighted by Crippen LogP contribution is 2.20. The average Bonchev–Trinajstić information content (AvgIpc) is 2.42. The van der Waals surface area contributed by atoms with Crippen LogP contribution in [0.25, 0.3) is 22.6 Å². The summed E-state index contributed by atoms with van der Waals surface area (Å²) in [5, 5.41) is 0.00155. The van der Waals surface area contributed by atoms with Crippen LogP contribution in [0.15, 0.2) is 29.1 Å². The molecule has 0 saturated carbocycles.